The molecule has 1 N–H and O–H groups in total. The zero-order valence-corrected chi connectivity index (χ0v) is 11.1. The molecule has 1 fully saturated rings. The van der Waals surface area contributed by atoms with Crippen molar-refractivity contribution in [3.63, 3.8) is 0 Å². The average molecular weight is 301 g/mol. The van der Waals surface area contributed by atoms with Crippen LogP contribution in [0.3, 0.4) is 0 Å². The molecule has 1 aliphatic heterocycles. The number of hydrogen-bond donors (Lipinski definition) is 1. The van der Waals surface area contributed by atoms with Crippen LogP contribution in [0, 0.1) is 5.92 Å². The Morgan fingerprint density at radius 3 is 2.33 bits per heavy atom. The normalized spacial score (nSPS) is 18.8. The monoisotopic (exact) mass is 301 g/mol. The van der Waals surface area contributed by atoms with E-state index in [0.717, 1.165) is 12.1 Å². The summed E-state index contributed by atoms with van der Waals surface area (Å²) in [6.07, 6.45) is -4.01. The number of alkyl halides is 3. The van der Waals surface area contributed by atoms with E-state index in [4.69, 9.17) is 5.11 Å². The Hall–Kier alpha value is -2.05. The van der Waals surface area contributed by atoms with Crippen molar-refractivity contribution in [1.29, 1.82) is 0 Å². The topological polar surface area (TPSA) is 57.6 Å². The van der Waals surface area contributed by atoms with Crippen molar-refractivity contribution in [2.24, 2.45) is 5.92 Å². The summed E-state index contributed by atoms with van der Waals surface area (Å²) < 4.78 is 37.2. The van der Waals surface area contributed by atoms with Gasteiger partial charge in [0.25, 0.3) is 0 Å². The molecule has 1 heterocycles. The predicted octanol–water partition coefficient (Wildman–Crippen LogP) is 2.18. The maximum absolute atomic E-state index is 12.4. The summed E-state index contributed by atoms with van der Waals surface area (Å²) in [5.41, 5.74) is -0.280. The van der Waals surface area contributed by atoms with Crippen LogP contribution >= 0.6 is 0 Å². The van der Waals surface area contributed by atoms with Crippen LogP contribution in [0.2, 0.25) is 0 Å². The Morgan fingerprint density at radius 1 is 1.24 bits per heavy atom. The molecule has 21 heavy (non-hydrogen) atoms. The average Bonchev–Trinajstić information content (AvgIpc) is 2.88. The first-order valence-corrected chi connectivity index (χ1v) is 6.44. The molecule has 0 radical (unpaired) electrons. The number of nitrogens with zero attached hydrogens (tertiary/aromatic N) is 1. The van der Waals surface area contributed by atoms with Gasteiger partial charge in [0.05, 0.1) is 17.9 Å². The van der Waals surface area contributed by atoms with E-state index in [0.29, 0.717) is 18.5 Å². The van der Waals surface area contributed by atoms with Crippen LogP contribution in [0.15, 0.2) is 24.3 Å². The van der Waals surface area contributed by atoms with Gasteiger partial charge in [0.1, 0.15) is 0 Å². The minimum absolute atomic E-state index is 0.0233. The molecule has 1 saturated heterocycles. The van der Waals surface area contributed by atoms with Gasteiger partial charge in [-0.2, -0.15) is 13.2 Å². The quantitative estimate of drug-likeness (QED) is 0.931. The van der Waals surface area contributed by atoms with Crippen LogP contribution in [0.25, 0.3) is 0 Å². The molecule has 1 aromatic carbocycles. The lowest BCUT2D eigenvalue weighted by Crippen LogP contribution is -2.31. The van der Waals surface area contributed by atoms with Crippen molar-refractivity contribution in [1.82, 2.24) is 4.90 Å². The lowest BCUT2D eigenvalue weighted by atomic mass is 10.1. The largest absolute Gasteiger partial charge is 0.481 e. The first-order chi connectivity index (χ1) is 9.77. The Bertz CT molecular complexity index is 539. The minimum Gasteiger partial charge on any atom is -0.481 e. The van der Waals surface area contributed by atoms with Gasteiger partial charge in [0.2, 0.25) is 5.91 Å². The summed E-state index contributed by atoms with van der Waals surface area (Å²) in [7, 11) is 0. The molecular formula is C14H14F3NO3. The zero-order valence-electron chi connectivity index (χ0n) is 11.1. The van der Waals surface area contributed by atoms with Crippen LogP contribution in [0.1, 0.15) is 17.5 Å². The molecule has 1 atom stereocenters. The highest BCUT2D eigenvalue weighted by atomic mass is 19.4. The summed E-state index contributed by atoms with van der Waals surface area (Å²) in [6, 6.07) is 4.41. The molecule has 0 bridgehead atoms. The smallest absolute Gasteiger partial charge is 0.416 e. The van der Waals surface area contributed by atoms with Gasteiger partial charge in [-0.3, -0.25) is 9.59 Å². The van der Waals surface area contributed by atoms with E-state index in [1.54, 1.807) is 0 Å². The molecule has 0 aromatic heterocycles. The molecule has 114 valence electrons. The van der Waals surface area contributed by atoms with Gasteiger partial charge in [-0.15, -0.1) is 0 Å². The number of halogens is 3. The number of rotatable bonds is 3. The van der Waals surface area contributed by atoms with Crippen molar-refractivity contribution in [2.45, 2.75) is 19.0 Å². The molecule has 4 nitrogen and oxygen atoms in total. The maximum atomic E-state index is 12.4. The fraction of sp³-hybridized carbons (Fsp3) is 0.429. The molecule has 1 amide bonds. The number of carbonyl (C=O) groups excluding carboxylic acids is 1. The third-order valence-corrected chi connectivity index (χ3v) is 3.53. The molecule has 0 saturated carbocycles. The van der Waals surface area contributed by atoms with Crippen molar-refractivity contribution in [3.8, 4) is 0 Å². The summed E-state index contributed by atoms with van der Waals surface area (Å²) in [5, 5.41) is 8.86. The van der Waals surface area contributed by atoms with Gasteiger partial charge in [0, 0.05) is 13.1 Å². The number of hydrogen-bond acceptors (Lipinski definition) is 2. The number of benzene rings is 1. The molecule has 0 aliphatic carbocycles. The first-order valence-electron chi connectivity index (χ1n) is 6.44. The molecule has 2 rings (SSSR count). The van der Waals surface area contributed by atoms with E-state index in [9.17, 15) is 22.8 Å². The second-order valence-electron chi connectivity index (χ2n) is 5.04. The van der Waals surface area contributed by atoms with Crippen LogP contribution in [-0.4, -0.2) is 35.0 Å². The predicted molar refractivity (Wildman–Crippen MR) is 67.5 cm³/mol. The van der Waals surface area contributed by atoms with Crippen molar-refractivity contribution >= 4 is 11.9 Å². The van der Waals surface area contributed by atoms with Gasteiger partial charge < -0.3 is 10.0 Å². The van der Waals surface area contributed by atoms with Crippen molar-refractivity contribution in [3.05, 3.63) is 35.4 Å². The third-order valence-electron chi connectivity index (χ3n) is 3.53. The van der Waals surface area contributed by atoms with Crippen LogP contribution in [-0.2, 0) is 22.2 Å². The van der Waals surface area contributed by atoms with E-state index in [1.807, 2.05) is 0 Å². The lowest BCUT2D eigenvalue weighted by Gasteiger charge is -2.16. The fourth-order valence-electron chi connectivity index (χ4n) is 2.29. The van der Waals surface area contributed by atoms with Crippen molar-refractivity contribution in [2.75, 3.05) is 13.1 Å². The number of carboxylic acid groups (broad SMARTS) is 1. The number of likely N-dealkylation sites (tertiary alicyclic amines) is 1. The number of carboxylic acids is 1. The standard InChI is InChI=1S/C14H14F3NO3/c15-14(16,17)11-3-1-9(2-4-11)7-12(19)18-6-5-10(8-18)13(20)21/h1-4,10H,5-8H2,(H,20,21). The maximum Gasteiger partial charge on any atom is 0.416 e. The Kier molecular flexibility index (Phi) is 4.20. The van der Waals surface area contributed by atoms with Crippen LogP contribution in [0.4, 0.5) is 13.2 Å². The Labute approximate surface area is 119 Å². The van der Waals surface area contributed by atoms with Crippen LogP contribution < -0.4 is 0 Å². The molecular weight excluding hydrogens is 287 g/mol. The highest BCUT2D eigenvalue weighted by molar-refractivity contribution is 5.80. The van der Waals surface area contributed by atoms with E-state index in [1.165, 1.54) is 17.0 Å². The van der Waals surface area contributed by atoms with Gasteiger partial charge in [0.15, 0.2) is 0 Å². The Morgan fingerprint density at radius 2 is 1.86 bits per heavy atom. The Balaban J connectivity index is 1.96. The summed E-state index contributed by atoms with van der Waals surface area (Å²) in [4.78, 5) is 24.2. The van der Waals surface area contributed by atoms with E-state index >= 15 is 0 Å². The number of carbonyl (C=O) groups is 2. The molecule has 0 spiro atoms. The second-order valence-corrected chi connectivity index (χ2v) is 5.04. The number of amides is 1. The highest BCUT2D eigenvalue weighted by Gasteiger charge is 2.31. The van der Waals surface area contributed by atoms with E-state index < -0.39 is 23.6 Å². The molecule has 1 aliphatic rings. The summed E-state index contributed by atoms with van der Waals surface area (Å²) in [6.45, 7) is 0.533. The van der Waals surface area contributed by atoms with Gasteiger partial charge in [-0.25, -0.2) is 0 Å². The summed E-state index contributed by atoms with van der Waals surface area (Å²) >= 11 is 0. The fourth-order valence-corrected chi connectivity index (χ4v) is 2.29. The molecule has 1 aromatic rings. The minimum atomic E-state index is -4.40. The lowest BCUT2D eigenvalue weighted by molar-refractivity contribution is -0.141. The molecule has 1 unspecified atom stereocenters. The van der Waals surface area contributed by atoms with Gasteiger partial charge in [-0.1, -0.05) is 12.1 Å². The zero-order chi connectivity index (χ0) is 15.6. The van der Waals surface area contributed by atoms with E-state index in [-0.39, 0.29) is 18.9 Å². The van der Waals surface area contributed by atoms with Gasteiger partial charge in [-0.05, 0) is 24.1 Å². The number of aliphatic carboxylic acids is 1. The summed E-state index contributed by atoms with van der Waals surface area (Å²) in [5.74, 6) is -1.75. The highest BCUT2D eigenvalue weighted by Crippen LogP contribution is 2.29. The molecule has 7 heteroatoms. The first kappa shape index (κ1) is 15.3. The third kappa shape index (κ3) is 3.74. The van der Waals surface area contributed by atoms with Gasteiger partial charge >= 0.3 is 12.1 Å². The second kappa shape index (κ2) is 5.75. The SMILES string of the molecule is O=C(O)C1CCN(C(=O)Cc2ccc(C(F)(F)F)cc2)C1. The van der Waals surface area contributed by atoms with Crippen LogP contribution in [0.5, 0.6) is 0 Å². The van der Waals surface area contributed by atoms with E-state index in [2.05, 4.69) is 0 Å². The van der Waals surface area contributed by atoms with Crippen molar-refractivity contribution < 1.29 is 27.9 Å².